The van der Waals surface area contributed by atoms with Gasteiger partial charge in [0.2, 0.25) is 0 Å². The lowest BCUT2D eigenvalue weighted by Gasteiger charge is -2.14. The van der Waals surface area contributed by atoms with Crippen molar-refractivity contribution in [3.8, 4) is 0 Å². The van der Waals surface area contributed by atoms with Crippen LogP contribution in [0.25, 0.3) is 0 Å². The Morgan fingerprint density at radius 2 is 1.05 bits per heavy atom. The van der Waals surface area contributed by atoms with E-state index in [0.29, 0.717) is 22.8 Å². The molecule has 0 spiro atoms. The van der Waals surface area contributed by atoms with Crippen molar-refractivity contribution < 1.29 is 9.59 Å². The fraction of sp³-hybridized carbons (Fsp3) is 0. The van der Waals surface area contributed by atoms with Crippen molar-refractivity contribution in [1.82, 2.24) is 32.6 Å². The number of hydrogen-bond acceptors (Lipinski definition) is 4. The number of amidine groups is 2. The van der Waals surface area contributed by atoms with Crippen molar-refractivity contribution in [2.24, 2.45) is 10.2 Å². The summed E-state index contributed by atoms with van der Waals surface area (Å²) >= 11 is 0. The second-order valence-electron chi connectivity index (χ2n) is 3.78. The van der Waals surface area contributed by atoms with Crippen LogP contribution in [0.3, 0.4) is 0 Å². The van der Waals surface area contributed by atoms with E-state index in [2.05, 4.69) is 42.8 Å². The van der Waals surface area contributed by atoms with Gasteiger partial charge in [0.25, 0.3) is 0 Å². The van der Waals surface area contributed by atoms with E-state index < -0.39 is 12.1 Å². The molecular formula is C10H8N8O2. The number of nitrogens with zero attached hydrogens (tertiary/aromatic N) is 4. The lowest BCUT2D eigenvalue weighted by molar-refractivity contribution is 0.236. The van der Waals surface area contributed by atoms with Gasteiger partial charge in [-0.05, 0) is 0 Å². The van der Waals surface area contributed by atoms with E-state index in [4.69, 9.17) is 0 Å². The maximum absolute atomic E-state index is 10.8. The highest BCUT2D eigenvalue weighted by molar-refractivity contribution is 6.04. The summed E-state index contributed by atoms with van der Waals surface area (Å²) in [5.74, 6) is 0.704. The molecule has 2 aliphatic heterocycles. The number of benzene rings is 1. The molecule has 0 aromatic heterocycles. The largest absolute Gasteiger partial charge is 0.355 e. The summed E-state index contributed by atoms with van der Waals surface area (Å²) in [6.07, 6.45) is 0. The molecule has 0 aliphatic carbocycles. The summed E-state index contributed by atoms with van der Waals surface area (Å²) in [5.41, 5.74) is 18.0. The standard InChI is InChI=1S/C10H8N8O2/c19-9-15-11-7(12-16-9)5-1-2-6(4-3-5)8-13-17-10(20)18-14-8/h1-4H,(H2,15,16,19)(H2,17,18,20). The van der Waals surface area contributed by atoms with Gasteiger partial charge >= 0.3 is 12.1 Å². The first-order valence-corrected chi connectivity index (χ1v) is 5.52. The van der Waals surface area contributed by atoms with Crippen molar-refractivity contribution in [3.63, 3.8) is 0 Å². The summed E-state index contributed by atoms with van der Waals surface area (Å²) in [4.78, 5) is 21.7. The van der Waals surface area contributed by atoms with Crippen LogP contribution in [0.2, 0.25) is 0 Å². The maximum atomic E-state index is 10.8. The van der Waals surface area contributed by atoms with Gasteiger partial charge in [0.15, 0.2) is 11.7 Å². The van der Waals surface area contributed by atoms with Crippen LogP contribution in [0.4, 0.5) is 9.59 Å². The molecule has 0 bridgehead atoms. The summed E-state index contributed by atoms with van der Waals surface area (Å²) in [7, 11) is 0. The van der Waals surface area contributed by atoms with Crippen molar-refractivity contribution >= 4 is 23.7 Å². The molecule has 0 saturated heterocycles. The molecule has 2 heterocycles. The lowest BCUT2D eigenvalue weighted by Crippen LogP contribution is -2.47. The van der Waals surface area contributed by atoms with Gasteiger partial charge < -0.3 is 0 Å². The molecule has 3 rings (SSSR count). The molecule has 0 unspecified atom stereocenters. The number of urea groups is 2. The molecule has 2 aliphatic rings. The van der Waals surface area contributed by atoms with Gasteiger partial charge in [-0.1, -0.05) is 24.3 Å². The van der Waals surface area contributed by atoms with Crippen LogP contribution < -0.4 is 32.6 Å². The molecule has 1 aromatic rings. The quantitative estimate of drug-likeness (QED) is 0.531. The molecule has 4 amide bonds. The van der Waals surface area contributed by atoms with E-state index in [9.17, 15) is 9.59 Å². The first-order chi connectivity index (χ1) is 9.72. The zero-order chi connectivity index (χ0) is 13.9. The number of rotatable bonds is 2. The number of hydrazone groups is 2. The number of hydrogen-bond donors (Lipinski definition) is 4. The van der Waals surface area contributed by atoms with Crippen LogP contribution in [-0.4, -0.2) is 23.7 Å². The van der Waals surface area contributed by atoms with Crippen molar-refractivity contribution in [1.29, 1.82) is 0 Å². The Balaban J connectivity index is 1.78. The van der Waals surface area contributed by atoms with E-state index in [1.807, 2.05) is 0 Å². The molecule has 2 radical (unpaired) electrons. The second kappa shape index (κ2) is 4.76. The predicted molar refractivity (Wildman–Crippen MR) is 67.1 cm³/mol. The van der Waals surface area contributed by atoms with Gasteiger partial charge in [-0.2, -0.15) is 0 Å². The van der Waals surface area contributed by atoms with Crippen LogP contribution in [0.1, 0.15) is 11.1 Å². The summed E-state index contributed by atoms with van der Waals surface area (Å²) in [6.45, 7) is 0. The average Bonchev–Trinajstić information content (AvgIpc) is 2.49. The Bertz CT molecular complexity index is 566. The van der Waals surface area contributed by atoms with Crippen LogP contribution in [0.5, 0.6) is 0 Å². The SMILES string of the molecule is O=C1N[N]C(c2ccc(C3=NNC(=O)N[N]3)cc2)=NN1. The van der Waals surface area contributed by atoms with E-state index in [-0.39, 0.29) is 0 Å². The lowest BCUT2D eigenvalue weighted by atomic mass is 10.1. The maximum Gasteiger partial charge on any atom is 0.355 e. The average molecular weight is 272 g/mol. The molecule has 100 valence electrons. The van der Waals surface area contributed by atoms with Gasteiger partial charge in [0.05, 0.1) is 0 Å². The highest BCUT2D eigenvalue weighted by atomic mass is 16.2. The number of amides is 4. The Morgan fingerprint density at radius 3 is 1.35 bits per heavy atom. The molecule has 1 aromatic carbocycles. The van der Waals surface area contributed by atoms with Gasteiger partial charge in [-0.25, -0.2) is 31.3 Å². The van der Waals surface area contributed by atoms with E-state index >= 15 is 0 Å². The fourth-order valence-electron chi connectivity index (χ4n) is 1.54. The minimum atomic E-state index is -0.484. The minimum absolute atomic E-state index is 0.352. The van der Waals surface area contributed by atoms with E-state index in [1.54, 1.807) is 24.3 Å². The smallest absolute Gasteiger partial charge is 0.245 e. The Morgan fingerprint density at radius 1 is 0.650 bits per heavy atom. The third-order valence-electron chi connectivity index (χ3n) is 2.45. The Hall–Kier alpha value is -3.30. The Labute approximate surface area is 112 Å². The fourth-order valence-corrected chi connectivity index (χ4v) is 1.54. The monoisotopic (exact) mass is 272 g/mol. The van der Waals surface area contributed by atoms with Crippen LogP contribution in [0, 0.1) is 0 Å². The molecule has 10 nitrogen and oxygen atoms in total. The highest BCUT2D eigenvalue weighted by Crippen LogP contribution is 2.07. The summed E-state index contributed by atoms with van der Waals surface area (Å²) in [5, 5.41) is 7.60. The molecule has 20 heavy (non-hydrogen) atoms. The molecule has 10 heteroatoms. The molecule has 0 saturated carbocycles. The summed E-state index contributed by atoms with van der Waals surface area (Å²) in [6, 6.07) is 6.00. The van der Waals surface area contributed by atoms with E-state index in [0.717, 1.165) is 0 Å². The minimum Gasteiger partial charge on any atom is -0.245 e. The third-order valence-corrected chi connectivity index (χ3v) is 2.45. The first kappa shape index (κ1) is 11.8. The number of nitrogens with one attached hydrogen (secondary N) is 4. The molecule has 0 fully saturated rings. The van der Waals surface area contributed by atoms with Gasteiger partial charge in [-0.15, -0.1) is 21.1 Å². The normalized spacial score (nSPS) is 17.2. The second-order valence-corrected chi connectivity index (χ2v) is 3.78. The highest BCUT2D eigenvalue weighted by Gasteiger charge is 2.16. The zero-order valence-electron chi connectivity index (χ0n) is 9.91. The molecule has 0 atom stereocenters. The topological polar surface area (TPSA) is 135 Å². The van der Waals surface area contributed by atoms with Crippen LogP contribution >= 0.6 is 0 Å². The van der Waals surface area contributed by atoms with Gasteiger partial charge in [0.1, 0.15) is 0 Å². The number of carbonyl (C=O) groups excluding carboxylic acids is 2. The molecular weight excluding hydrogens is 264 g/mol. The van der Waals surface area contributed by atoms with Crippen LogP contribution in [0.15, 0.2) is 34.5 Å². The predicted octanol–water partition coefficient (Wildman–Crippen LogP) is -1.33. The zero-order valence-corrected chi connectivity index (χ0v) is 9.91. The van der Waals surface area contributed by atoms with Gasteiger partial charge in [0, 0.05) is 11.1 Å². The molecule has 4 N–H and O–H groups in total. The van der Waals surface area contributed by atoms with Crippen molar-refractivity contribution in [2.45, 2.75) is 0 Å². The van der Waals surface area contributed by atoms with Crippen molar-refractivity contribution in [3.05, 3.63) is 35.4 Å². The first-order valence-electron chi connectivity index (χ1n) is 5.52. The van der Waals surface area contributed by atoms with Gasteiger partial charge in [-0.3, -0.25) is 0 Å². The third kappa shape index (κ3) is 2.29. The summed E-state index contributed by atoms with van der Waals surface area (Å²) < 4.78 is 0. The Kier molecular flexibility index (Phi) is 2.80. The van der Waals surface area contributed by atoms with Crippen molar-refractivity contribution in [2.75, 3.05) is 0 Å². The van der Waals surface area contributed by atoms with E-state index in [1.165, 1.54) is 0 Å². The number of carbonyl (C=O) groups is 2. The van der Waals surface area contributed by atoms with Crippen LogP contribution in [-0.2, 0) is 0 Å².